The summed E-state index contributed by atoms with van der Waals surface area (Å²) in [5.74, 6) is 0.398. The molecule has 0 atom stereocenters. The summed E-state index contributed by atoms with van der Waals surface area (Å²) >= 11 is 5.85. The number of para-hydroxylation sites is 2. The van der Waals surface area contributed by atoms with E-state index < -0.39 is 0 Å². The minimum atomic E-state index is -0.336. The van der Waals surface area contributed by atoms with E-state index in [0.717, 1.165) is 5.56 Å². The normalized spacial score (nSPS) is 10.5. The lowest BCUT2D eigenvalue weighted by atomic mass is 10.2. The van der Waals surface area contributed by atoms with Gasteiger partial charge in [0.25, 0.3) is 5.91 Å². The van der Waals surface area contributed by atoms with E-state index in [4.69, 9.17) is 21.1 Å². The van der Waals surface area contributed by atoms with Gasteiger partial charge in [0.05, 0.1) is 7.11 Å². The maximum atomic E-state index is 12.2. The topological polar surface area (TPSA) is 76.7 Å². The molecule has 0 aromatic heterocycles. The molecule has 6 nitrogen and oxygen atoms in total. The van der Waals surface area contributed by atoms with Crippen molar-refractivity contribution in [2.45, 2.75) is 0 Å². The second-order valence-corrected chi connectivity index (χ2v) is 6.88. The first-order chi connectivity index (χ1) is 15.0. The molecule has 0 saturated heterocycles. The number of carbonyl (C=O) groups is 2. The van der Waals surface area contributed by atoms with E-state index in [2.05, 4.69) is 10.6 Å². The van der Waals surface area contributed by atoms with Crippen molar-refractivity contribution in [3.63, 3.8) is 0 Å². The van der Waals surface area contributed by atoms with Crippen molar-refractivity contribution >= 4 is 40.9 Å². The Balaban J connectivity index is 1.53. The van der Waals surface area contributed by atoms with E-state index in [9.17, 15) is 9.59 Å². The number of ether oxygens (including phenoxy) is 2. The van der Waals surface area contributed by atoms with Crippen LogP contribution in [0.2, 0.25) is 5.02 Å². The van der Waals surface area contributed by atoms with Gasteiger partial charge in [0.2, 0.25) is 5.91 Å². The number of anilines is 2. The lowest BCUT2D eigenvalue weighted by molar-refractivity contribution is -0.118. The maximum absolute atomic E-state index is 12.2. The van der Waals surface area contributed by atoms with Crippen LogP contribution in [0.1, 0.15) is 5.56 Å². The molecule has 0 aliphatic rings. The average molecular weight is 437 g/mol. The lowest BCUT2D eigenvalue weighted by Gasteiger charge is -2.11. The van der Waals surface area contributed by atoms with Crippen LogP contribution in [0.15, 0.2) is 78.9 Å². The van der Waals surface area contributed by atoms with Gasteiger partial charge in [-0.3, -0.25) is 9.59 Å². The molecule has 0 heterocycles. The smallest absolute Gasteiger partial charge is 0.262 e. The molecule has 0 bridgehead atoms. The molecular formula is C24H21ClN2O4. The molecule has 0 aliphatic carbocycles. The van der Waals surface area contributed by atoms with E-state index in [1.54, 1.807) is 60.7 Å². The van der Waals surface area contributed by atoms with Crippen LogP contribution in [0.4, 0.5) is 11.4 Å². The standard InChI is InChI=1S/C24H21ClN2O4/c1-30-21-7-2-3-8-22(21)31-16-24(29)27-20-6-4-5-19(15-20)26-23(28)14-11-17-9-12-18(25)13-10-17/h2-15H,16H2,1H3,(H,26,28)(H,27,29)/b14-11+. The second-order valence-electron chi connectivity index (χ2n) is 6.44. The average Bonchev–Trinajstić information content (AvgIpc) is 2.78. The van der Waals surface area contributed by atoms with Gasteiger partial charge in [-0.25, -0.2) is 0 Å². The minimum absolute atomic E-state index is 0.180. The van der Waals surface area contributed by atoms with Crippen LogP contribution in [-0.2, 0) is 9.59 Å². The Morgan fingerprint density at radius 3 is 2.29 bits per heavy atom. The van der Waals surface area contributed by atoms with Crippen LogP contribution >= 0.6 is 11.6 Å². The van der Waals surface area contributed by atoms with Crippen LogP contribution < -0.4 is 20.1 Å². The van der Waals surface area contributed by atoms with Crippen molar-refractivity contribution < 1.29 is 19.1 Å². The molecule has 3 rings (SSSR count). The van der Waals surface area contributed by atoms with Crippen molar-refractivity contribution in [3.8, 4) is 11.5 Å². The highest BCUT2D eigenvalue weighted by molar-refractivity contribution is 6.30. The van der Waals surface area contributed by atoms with Gasteiger partial charge in [-0.05, 0) is 54.1 Å². The zero-order chi connectivity index (χ0) is 22.1. The molecule has 31 heavy (non-hydrogen) atoms. The molecule has 158 valence electrons. The summed E-state index contributed by atoms with van der Waals surface area (Å²) in [4.78, 5) is 24.4. The highest BCUT2D eigenvalue weighted by Gasteiger charge is 2.08. The predicted octanol–water partition coefficient (Wildman–Crippen LogP) is 5.02. The van der Waals surface area contributed by atoms with Crippen LogP contribution in [0, 0.1) is 0 Å². The van der Waals surface area contributed by atoms with Gasteiger partial charge >= 0.3 is 0 Å². The molecule has 0 fully saturated rings. The Morgan fingerprint density at radius 2 is 1.58 bits per heavy atom. The maximum Gasteiger partial charge on any atom is 0.262 e. The highest BCUT2D eigenvalue weighted by Crippen LogP contribution is 2.25. The Morgan fingerprint density at radius 1 is 0.903 bits per heavy atom. The van der Waals surface area contributed by atoms with E-state index in [-0.39, 0.29) is 18.4 Å². The largest absolute Gasteiger partial charge is 0.493 e. The van der Waals surface area contributed by atoms with Gasteiger partial charge in [-0.1, -0.05) is 41.9 Å². The number of amides is 2. The summed E-state index contributed by atoms with van der Waals surface area (Å²) in [5.41, 5.74) is 1.94. The number of rotatable bonds is 8. The SMILES string of the molecule is COc1ccccc1OCC(=O)Nc1cccc(NC(=O)/C=C/c2ccc(Cl)cc2)c1. The van der Waals surface area contributed by atoms with Crippen LogP contribution in [0.3, 0.4) is 0 Å². The summed E-state index contributed by atoms with van der Waals surface area (Å²) in [6.07, 6.45) is 3.11. The molecule has 3 aromatic rings. The summed E-state index contributed by atoms with van der Waals surface area (Å²) in [5, 5.41) is 6.13. The Kier molecular flexibility index (Phi) is 7.67. The predicted molar refractivity (Wildman–Crippen MR) is 123 cm³/mol. The summed E-state index contributed by atoms with van der Waals surface area (Å²) < 4.78 is 10.7. The Bertz CT molecular complexity index is 1080. The first kappa shape index (κ1) is 21.9. The molecule has 0 radical (unpaired) electrons. The molecule has 2 N–H and O–H groups in total. The minimum Gasteiger partial charge on any atom is -0.493 e. The van der Waals surface area contributed by atoms with E-state index >= 15 is 0 Å². The number of halogens is 1. The van der Waals surface area contributed by atoms with Gasteiger partial charge in [-0.2, -0.15) is 0 Å². The molecule has 0 spiro atoms. The van der Waals surface area contributed by atoms with Gasteiger partial charge in [0.1, 0.15) is 0 Å². The monoisotopic (exact) mass is 436 g/mol. The zero-order valence-electron chi connectivity index (χ0n) is 16.8. The number of hydrogen-bond donors (Lipinski definition) is 2. The Hall–Kier alpha value is -3.77. The highest BCUT2D eigenvalue weighted by atomic mass is 35.5. The van der Waals surface area contributed by atoms with Crippen molar-refractivity contribution in [1.82, 2.24) is 0 Å². The molecule has 2 amide bonds. The van der Waals surface area contributed by atoms with Gasteiger partial charge in [-0.15, -0.1) is 0 Å². The quantitative estimate of drug-likeness (QED) is 0.486. The van der Waals surface area contributed by atoms with Gasteiger partial charge in [0.15, 0.2) is 18.1 Å². The molecule has 3 aromatic carbocycles. The molecule has 7 heteroatoms. The first-order valence-corrected chi connectivity index (χ1v) is 9.81. The van der Waals surface area contributed by atoms with Crippen molar-refractivity contribution in [3.05, 3.63) is 89.5 Å². The third-order valence-corrected chi connectivity index (χ3v) is 4.39. The summed E-state index contributed by atoms with van der Waals surface area (Å²) in [6.45, 7) is -0.180. The fraction of sp³-hybridized carbons (Fsp3) is 0.0833. The lowest BCUT2D eigenvalue weighted by Crippen LogP contribution is -2.20. The van der Waals surface area contributed by atoms with Crippen molar-refractivity contribution in [2.75, 3.05) is 24.4 Å². The third kappa shape index (κ3) is 6.90. The van der Waals surface area contributed by atoms with Crippen molar-refractivity contribution in [1.29, 1.82) is 0 Å². The van der Waals surface area contributed by atoms with Crippen LogP contribution in [-0.4, -0.2) is 25.5 Å². The molecular weight excluding hydrogens is 416 g/mol. The summed E-state index contributed by atoms with van der Waals surface area (Å²) in [6, 6.07) is 21.1. The number of benzene rings is 3. The van der Waals surface area contributed by atoms with Crippen LogP contribution in [0.5, 0.6) is 11.5 Å². The molecule has 0 aliphatic heterocycles. The first-order valence-electron chi connectivity index (χ1n) is 9.44. The molecule has 0 saturated carbocycles. The fourth-order valence-corrected chi connectivity index (χ4v) is 2.81. The van der Waals surface area contributed by atoms with E-state index in [0.29, 0.717) is 27.9 Å². The third-order valence-electron chi connectivity index (χ3n) is 4.14. The number of carbonyl (C=O) groups excluding carboxylic acids is 2. The zero-order valence-corrected chi connectivity index (χ0v) is 17.6. The van der Waals surface area contributed by atoms with E-state index in [1.807, 2.05) is 18.2 Å². The number of nitrogens with one attached hydrogen (secondary N) is 2. The van der Waals surface area contributed by atoms with Crippen LogP contribution in [0.25, 0.3) is 6.08 Å². The Labute approximate surface area is 185 Å². The van der Waals surface area contributed by atoms with E-state index in [1.165, 1.54) is 13.2 Å². The number of methoxy groups -OCH3 is 1. The molecule has 0 unspecified atom stereocenters. The fourth-order valence-electron chi connectivity index (χ4n) is 2.68. The second kappa shape index (κ2) is 10.8. The number of hydrogen-bond acceptors (Lipinski definition) is 4. The van der Waals surface area contributed by atoms with Gasteiger partial charge in [0, 0.05) is 22.5 Å². The summed E-state index contributed by atoms with van der Waals surface area (Å²) in [7, 11) is 1.53. The van der Waals surface area contributed by atoms with Gasteiger partial charge < -0.3 is 20.1 Å². The van der Waals surface area contributed by atoms with Crippen molar-refractivity contribution in [2.24, 2.45) is 0 Å².